The van der Waals surface area contributed by atoms with E-state index in [1.54, 1.807) is 4.52 Å². The molecule has 7 nitrogen and oxygen atoms in total. The first-order valence-electron chi connectivity index (χ1n) is 7.77. The monoisotopic (exact) mass is 319 g/mol. The van der Waals surface area contributed by atoms with Gasteiger partial charge in [-0.3, -0.25) is 9.59 Å². The van der Waals surface area contributed by atoms with Gasteiger partial charge in [-0.05, 0) is 12.3 Å². The lowest BCUT2D eigenvalue weighted by Gasteiger charge is -2.12. The summed E-state index contributed by atoms with van der Waals surface area (Å²) >= 11 is 0. The maximum Gasteiger partial charge on any atom is 0.303 e. The molecule has 0 atom stereocenters. The van der Waals surface area contributed by atoms with Gasteiger partial charge in [-0.25, -0.2) is 9.50 Å². The molecule has 0 aliphatic carbocycles. The van der Waals surface area contributed by atoms with Crippen molar-refractivity contribution < 1.29 is 15.0 Å². The number of hydrogen-bond donors (Lipinski definition) is 2. The zero-order chi connectivity index (χ0) is 17.0. The van der Waals surface area contributed by atoms with Crippen LogP contribution in [0, 0.1) is 5.92 Å². The zero-order valence-corrected chi connectivity index (χ0v) is 13.3. The number of carbonyl (C=O) groups is 1. The normalized spacial score (nSPS) is 12.8. The van der Waals surface area contributed by atoms with Crippen LogP contribution in [0.25, 0.3) is 11.4 Å². The first kappa shape index (κ1) is 16.9. The smallest absolute Gasteiger partial charge is 0.303 e. The molecule has 7 heteroatoms. The van der Waals surface area contributed by atoms with E-state index in [2.05, 4.69) is 23.9 Å². The van der Waals surface area contributed by atoms with Crippen molar-refractivity contribution in [1.29, 1.82) is 0 Å². The van der Waals surface area contributed by atoms with E-state index in [1.807, 2.05) is 0 Å². The number of aliphatic carboxylic acids is 1. The van der Waals surface area contributed by atoms with Gasteiger partial charge in [0.2, 0.25) is 0 Å². The van der Waals surface area contributed by atoms with Crippen LogP contribution in [0.2, 0.25) is 0 Å². The fourth-order valence-electron chi connectivity index (χ4n) is 2.66. The fourth-order valence-corrected chi connectivity index (χ4v) is 2.66. The highest BCUT2D eigenvalue weighted by Crippen LogP contribution is 2.14. The summed E-state index contributed by atoms with van der Waals surface area (Å²) in [6.45, 7) is 4.20. The Labute approximate surface area is 133 Å². The third kappa shape index (κ3) is 3.67. The van der Waals surface area contributed by atoms with E-state index < -0.39 is 5.97 Å². The van der Waals surface area contributed by atoms with Crippen molar-refractivity contribution in [3.05, 3.63) is 33.5 Å². The molecular formula is C16H21N3O4. The van der Waals surface area contributed by atoms with Crippen molar-refractivity contribution in [2.75, 3.05) is 0 Å². The number of aliphatic hydroxyl groups excluding tert-OH is 1. The molecule has 0 aromatic carbocycles. The lowest BCUT2D eigenvalue weighted by atomic mass is 9.97. The molecule has 0 bridgehead atoms. The van der Waals surface area contributed by atoms with Gasteiger partial charge in [0.25, 0.3) is 0 Å². The third-order valence-corrected chi connectivity index (χ3v) is 4.10. The number of pyridine rings is 1. The van der Waals surface area contributed by atoms with Gasteiger partial charge in [-0.2, -0.15) is 5.10 Å². The van der Waals surface area contributed by atoms with E-state index in [9.17, 15) is 14.7 Å². The Morgan fingerprint density at radius 2 is 1.96 bits per heavy atom. The van der Waals surface area contributed by atoms with E-state index in [0.29, 0.717) is 12.3 Å². The summed E-state index contributed by atoms with van der Waals surface area (Å²) in [6.07, 6.45) is 3.68. The zero-order valence-electron chi connectivity index (χ0n) is 13.3. The number of nitrogens with zero attached hydrogens (tertiary/aromatic N) is 3. The predicted octanol–water partition coefficient (Wildman–Crippen LogP) is 1.32. The highest BCUT2D eigenvalue weighted by atomic mass is 16.4. The number of aliphatic hydroxyl groups is 1. The maximum absolute atomic E-state index is 12.4. The van der Waals surface area contributed by atoms with Crippen molar-refractivity contribution in [2.24, 2.45) is 5.92 Å². The first-order chi connectivity index (χ1) is 11.0. The molecule has 2 rings (SSSR count). The molecule has 2 heterocycles. The quantitative estimate of drug-likeness (QED) is 0.797. The van der Waals surface area contributed by atoms with E-state index in [1.165, 1.54) is 12.4 Å². The molecular weight excluding hydrogens is 298 g/mol. The van der Waals surface area contributed by atoms with Gasteiger partial charge in [0, 0.05) is 18.2 Å². The molecule has 23 heavy (non-hydrogen) atoms. The molecule has 0 radical (unpaired) electrons. The van der Waals surface area contributed by atoms with Gasteiger partial charge < -0.3 is 10.2 Å². The van der Waals surface area contributed by atoms with Gasteiger partial charge in [0.05, 0.1) is 6.42 Å². The SMILES string of the molecule is CCC(CC)Cc1cc(=O)c(=C(O)CCC(=O)O)c2ncnn12. The number of aromatic nitrogens is 3. The van der Waals surface area contributed by atoms with Crippen LogP contribution in [0.5, 0.6) is 0 Å². The second-order valence-electron chi connectivity index (χ2n) is 5.60. The Morgan fingerprint density at radius 3 is 2.57 bits per heavy atom. The van der Waals surface area contributed by atoms with Crippen LogP contribution >= 0.6 is 0 Å². The van der Waals surface area contributed by atoms with Crippen molar-refractivity contribution in [2.45, 2.75) is 46.0 Å². The Hall–Kier alpha value is -2.44. The molecule has 0 spiro atoms. The minimum Gasteiger partial charge on any atom is -0.511 e. The minimum atomic E-state index is -1.04. The van der Waals surface area contributed by atoms with Crippen LogP contribution in [0.15, 0.2) is 17.2 Å². The topological polar surface area (TPSA) is 105 Å². The number of hydrogen-bond acceptors (Lipinski definition) is 5. The average molecular weight is 319 g/mol. The molecule has 0 unspecified atom stereocenters. The predicted molar refractivity (Wildman–Crippen MR) is 85.2 cm³/mol. The summed E-state index contributed by atoms with van der Waals surface area (Å²) in [5, 5.41) is 23.0. The van der Waals surface area contributed by atoms with Crippen molar-refractivity contribution in [3.63, 3.8) is 0 Å². The third-order valence-electron chi connectivity index (χ3n) is 4.10. The molecule has 0 amide bonds. The number of rotatable bonds is 7. The Bertz CT molecular complexity index is 809. The molecule has 0 saturated heterocycles. The van der Waals surface area contributed by atoms with Crippen molar-refractivity contribution >= 4 is 17.4 Å². The summed E-state index contributed by atoms with van der Waals surface area (Å²) in [7, 11) is 0. The van der Waals surface area contributed by atoms with E-state index >= 15 is 0 Å². The summed E-state index contributed by atoms with van der Waals surface area (Å²) in [5.41, 5.74) is 0.682. The van der Waals surface area contributed by atoms with Crippen LogP contribution < -0.4 is 10.6 Å². The van der Waals surface area contributed by atoms with Crippen LogP contribution in [0.4, 0.5) is 0 Å². The van der Waals surface area contributed by atoms with Gasteiger partial charge in [0.1, 0.15) is 17.3 Å². The van der Waals surface area contributed by atoms with Crippen LogP contribution in [0.1, 0.15) is 45.2 Å². The van der Waals surface area contributed by atoms with Gasteiger partial charge >= 0.3 is 5.97 Å². The lowest BCUT2D eigenvalue weighted by Crippen LogP contribution is -2.31. The molecule has 0 saturated carbocycles. The molecule has 2 N–H and O–H groups in total. The highest BCUT2D eigenvalue weighted by Gasteiger charge is 2.14. The Kier molecular flexibility index (Phi) is 5.31. The Morgan fingerprint density at radius 1 is 1.26 bits per heavy atom. The van der Waals surface area contributed by atoms with Gasteiger partial charge in [-0.1, -0.05) is 26.7 Å². The largest absolute Gasteiger partial charge is 0.511 e. The highest BCUT2D eigenvalue weighted by molar-refractivity contribution is 5.68. The van der Waals surface area contributed by atoms with Gasteiger partial charge in [0.15, 0.2) is 11.1 Å². The summed E-state index contributed by atoms with van der Waals surface area (Å²) in [6, 6.07) is 1.46. The molecule has 0 aliphatic rings. The fraction of sp³-hybridized carbons (Fsp3) is 0.500. The number of carboxylic acids is 1. The van der Waals surface area contributed by atoms with E-state index in [4.69, 9.17) is 5.11 Å². The second-order valence-corrected chi connectivity index (χ2v) is 5.60. The summed E-state index contributed by atoms with van der Waals surface area (Å²) < 4.78 is 1.56. The molecule has 124 valence electrons. The van der Waals surface area contributed by atoms with Crippen LogP contribution in [-0.4, -0.2) is 30.8 Å². The molecule has 0 aliphatic heterocycles. The summed E-state index contributed by atoms with van der Waals surface area (Å²) in [4.78, 5) is 27.1. The lowest BCUT2D eigenvalue weighted by molar-refractivity contribution is -0.136. The van der Waals surface area contributed by atoms with Crippen LogP contribution in [-0.2, 0) is 11.2 Å². The minimum absolute atomic E-state index is 0.0389. The van der Waals surface area contributed by atoms with Gasteiger partial charge in [-0.15, -0.1) is 0 Å². The molecule has 0 fully saturated rings. The second kappa shape index (κ2) is 7.21. The molecule has 2 aromatic heterocycles. The van der Waals surface area contributed by atoms with Crippen LogP contribution in [0.3, 0.4) is 0 Å². The first-order valence-corrected chi connectivity index (χ1v) is 7.77. The standard InChI is InChI=1S/C16H21N3O4/c1-3-10(4-2)7-11-8-13(21)15(12(20)5-6-14(22)23)16-17-9-18-19(11)16/h8-10,20H,3-7H2,1-2H3,(H,22,23). The van der Waals surface area contributed by atoms with Crippen molar-refractivity contribution in [3.8, 4) is 0 Å². The summed E-state index contributed by atoms with van der Waals surface area (Å²) in [5.74, 6) is -0.853. The number of carboxylic acid groups (broad SMARTS) is 1. The van der Waals surface area contributed by atoms with E-state index in [-0.39, 0.29) is 34.9 Å². The average Bonchev–Trinajstić information content (AvgIpc) is 2.99. The number of fused-ring (bicyclic) bond motifs is 1. The van der Waals surface area contributed by atoms with Crippen molar-refractivity contribution in [1.82, 2.24) is 14.6 Å². The Balaban J connectivity index is 2.56. The van der Waals surface area contributed by atoms with E-state index in [0.717, 1.165) is 18.5 Å². The molecule has 2 aromatic rings. The maximum atomic E-state index is 12.4.